The molecule has 0 saturated heterocycles. The predicted octanol–water partition coefficient (Wildman–Crippen LogP) is 3.28. The maximum Gasteiger partial charge on any atom is 0.573 e. The highest BCUT2D eigenvalue weighted by atomic mass is 32.2. The van der Waals surface area contributed by atoms with Crippen LogP contribution in [0.25, 0.3) is 0 Å². The molecule has 1 aliphatic rings. The summed E-state index contributed by atoms with van der Waals surface area (Å²) in [5.74, 6) is -0.452. The second-order valence-corrected chi connectivity index (χ2v) is 7.80. The van der Waals surface area contributed by atoms with Crippen LogP contribution in [0.1, 0.15) is 18.5 Å². The van der Waals surface area contributed by atoms with E-state index in [1.807, 2.05) is 29.9 Å². The molecule has 0 N–H and O–H groups in total. The largest absolute Gasteiger partial charge is 0.573 e. The molecule has 0 atom stereocenters. The Hall–Kier alpha value is -2.00. The summed E-state index contributed by atoms with van der Waals surface area (Å²) in [6.45, 7) is 0.220. The number of hydrogen-bond donors (Lipinski definition) is 0. The minimum Gasteiger partial charge on any atom is -0.406 e. The number of alkyl halides is 3. The maximum absolute atomic E-state index is 12.9. The van der Waals surface area contributed by atoms with Crippen LogP contribution in [0.5, 0.6) is 5.75 Å². The van der Waals surface area contributed by atoms with Crippen molar-refractivity contribution >= 4 is 10.0 Å². The number of aromatic nitrogens is 1. The van der Waals surface area contributed by atoms with Crippen molar-refractivity contribution < 1.29 is 26.3 Å². The molecule has 0 spiro atoms. The predicted molar refractivity (Wildman–Crippen MR) is 84.3 cm³/mol. The van der Waals surface area contributed by atoms with Gasteiger partial charge in [-0.3, -0.25) is 0 Å². The summed E-state index contributed by atoms with van der Waals surface area (Å²) >= 11 is 0. The lowest BCUT2D eigenvalue weighted by atomic mass is 10.3. The first-order chi connectivity index (χ1) is 11.7. The van der Waals surface area contributed by atoms with Gasteiger partial charge < -0.3 is 9.30 Å². The maximum atomic E-state index is 12.9. The molecule has 1 aromatic heterocycles. The Labute approximate surface area is 143 Å². The Morgan fingerprint density at radius 1 is 1.20 bits per heavy atom. The first-order valence-corrected chi connectivity index (χ1v) is 9.09. The molecule has 1 heterocycles. The summed E-state index contributed by atoms with van der Waals surface area (Å²) in [5.41, 5.74) is 0.840. The van der Waals surface area contributed by atoms with Crippen LogP contribution in [0.15, 0.2) is 47.5 Å². The average molecular weight is 374 g/mol. The molecule has 3 rings (SSSR count). The topological polar surface area (TPSA) is 51.5 Å². The number of rotatable bonds is 6. The molecule has 25 heavy (non-hydrogen) atoms. The zero-order chi connectivity index (χ0) is 18.2. The van der Waals surface area contributed by atoms with E-state index < -0.39 is 22.1 Å². The van der Waals surface area contributed by atoms with Crippen LogP contribution in [0.4, 0.5) is 13.2 Å². The summed E-state index contributed by atoms with van der Waals surface area (Å²) in [5, 5.41) is 0. The first-order valence-electron chi connectivity index (χ1n) is 7.65. The van der Waals surface area contributed by atoms with E-state index in [1.165, 1.54) is 4.31 Å². The van der Waals surface area contributed by atoms with Crippen molar-refractivity contribution in [1.82, 2.24) is 8.87 Å². The normalized spacial score (nSPS) is 15.6. The summed E-state index contributed by atoms with van der Waals surface area (Å²) in [7, 11) is -1.98. The molecular formula is C16H17F3N2O3S. The van der Waals surface area contributed by atoms with E-state index in [4.69, 9.17) is 0 Å². The van der Waals surface area contributed by atoms with Crippen molar-refractivity contribution in [3.63, 3.8) is 0 Å². The van der Waals surface area contributed by atoms with Crippen LogP contribution in [-0.2, 0) is 23.6 Å². The molecule has 1 aromatic carbocycles. The molecule has 1 saturated carbocycles. The Morgan fingerprint density at radius 2 is 1.84 bits per heavy atom. The van der Waals surface area contributed by atoms with Crippen LogP contribution < -0.4 is 4.74 Å². The molecular weight excluding hydrogens is 357 g/mol. The number of ether oxygens (including phenoxy) is 1. The summed E-state index contributed by atoms with van der Waals surface area (Å²) in [4.78, 5) is -0.0527. The minimum atomic E-state index is -4.81. The molecule has 136 valence electrons. The zero-order valence-electron chi connectivity index (χ0n) is 13.4. The molecule has 2 aromatic rings. The van der Waals surface area contributed by atoms with E-state index in [9.17, 15) is 21.6 Å². The second kappa shape index (κ2) is 6.38. The number of hydrogen-bond acceptors (Lipinski definition) is 3. The van der Waals surface area contributed by atoms with Gasteiger partial charge in [-0.2, -0.15) is 4.31 Å². The van der Waals surface area contributed by atoms with Gasteiger partial charge in [-0.1, -0.05) is 0 Å². The van der Waals surface area contributed by atoms with Gasteiger partial charge >= 0.3 is 6.36 Å². The van der Waals surface area contributed by atoms with Gasteiger partial charge in [-0.05, 0) is 49.2 Å². The molecule has 9 heteroatoms. The van der Waals surface area contributed by atoms with E-state index in [0.29, 0.717) is 0 Å². The average Bonchev–Trinajstić information content (AvgIpc) is 3.26. The van der Waals surface area contributed by atoms with Crippen molar-refractivity contribution in [1.29, 1.82) is 0 Å². The standard InChI is InChI=1S/C16H17F3N2O3S/c1-20-10-2-3-13(20)11-21(12-4-5-12)25(22,23)15-8-6-14(7-9-15)24-16(17,18)19/h2-3,6-10,12H,4-5,11H2,1H3. The number of aryl methyl sites for hydroxylation is 1. The summed E-state index contributed by atoms with van der Waals surface area (Å²) in [6, 6.07) is 7.88. The molecule has 0 amide bonds. The molecule has 1 fully saturated rings. The van der Waals surface area contributed by atoms with Crippen molar-refractivity contribution in [3.05, 3.63) is 48.3 Å². The summed E-state index contributed by atoms with van der Waals surface area (Å²) < 4.78 is 69.5. The lowest BCUT2D eigenvalue weighted by Gasteiger charge is -2.22. The fourth-order valence-corrected chi connectivity index (χ4v) is 4.20. The molecule has 0 unspecified atom stereocenters. The van der Waals surface area contributed by atoms with E-state index in [-0.39, 0.29) is 17.5 Å². The van der Waals surface area contributed by atoms with Crippen LogP contribution in [-0.4, -0.2) is 29.7 Å². The monoisotopic (exact) mass is 374 g/mol. The van der Waals surface area contributed by atoms with Crippen LogP contribution >= 0.6 is 0 Å². The smallest absolute Gasteiger partial charge is 0.406 e. The Bertz CT molecular complexity index is 840. The minimum absolute atomic E-state index is 0.0527. The molecule has 0 radical (unpaired) electrons. The number of benzene rings is 1. The van der Waals surface area contributed by atoms with Gasteiger partial charge in [-0.25, -0.2) is 8.42 Å². The fourth-order valence-electron chi connectivity index (χ4n) is 2.54. The Morgan fingerprint density at radius 3 is 2.32 bits per heavy atom. The molecule has 1 aliphatic carbocycles. The number of halogens is 3. The quantitative estimate of drug-likeness (QED) is 0.780. The third kappa shape index (κ3) is 4.16. The van der Waals surface area contributed by atoms with Gasteiger partial charge in [-0.15, -0.1) is 13.2 Å². The number of nitrogens with zero attached hydrogens (tertiary/aromatic N) is 2. The van der Waals surface area contributed by atoms with Gasteiger partial charge in [0.25, 0.3) is 0 Å². The van der Waals surface area contributed by atoms with Crippen LogP contribution in [0, 0.1) is 0 Å². The molecule has 0 bridgehead atoms. The van der Waals surface area contributed by atoms with Gasteiger partial charge in [0.1, 0.15) is 5.75 Å². The highest BCUT2D eigenvalue weighted by Crippen LogP contribution is 2.34. The molecule has 5 nitrogen and oxygen atoms in total. The van der Waals surface area contributed by atoms with Gasteiger partial charge in [0.15, 0.2) is 0 Å². The van der Waals surface area contributed by atoms with E-state index >= 15 is 0 Å². The van der Waals surface area contributed by atoms with Crippen molar-refractivity contribution in [2.75, 3.05) is 0 Å². The zero-order valence-corrected chi connectivity index (χ0v) is 14.2. The van der Waals surface area contributed by atoms with Gasteiger partial charge in [0, 0.05) is 25.0 Å². The van der Waals surface area contributed by atoms with E-state index in [0.717, 1.165) is 42.8 Å². The number of sulfonamides is 1. The lowest BCUT2D eigenvalue weighted by molar-refractivity contribution is -0.274. The van der Waals surface area contributed by atoms with E-state index in [2.05, 4.69) is 4.74 Å². The summed E-state index contributed by atoms with van der Waals surface area (Å²) in [6.07, 6.45) is -1.43. The van der Waals surface area contributed by atoms with Crippen LogP contribution in [0.2, 0.25) is 0 Å². The van der Waals surface area contributed by atoms with Gasteiger partial charge in [0.2, 0.25) is 10.0 Å². The van der Waals surface area contributed by atoms with E-state index in [1.54, 1.807) is 0 Å². The Kier molecular flexibility index (Phi) is 4.54. The highest BCUT2D eigenvalue weighted by Gasteiger charge is 2.38. The van der Waals surface area contributed by atoms with Crippen LogP contribution in [0.3, 0.4) is 0 Å². The second-order valence-electron chi connectivity index (χ2n) is 5.91. The fraction of sp³-hybridized carbons (Fsp3) is 0.375. The lowest BCUT2D eigenvalue weighted by Crippen LogP contribution is -2.33. The third-order valence-corrected chi connectivity index (χ3v) is 5.90. The molecule has 0 aliphatic heterocycles. The van der Waals surface area contributed by atoms with Crippen molar-refractivity contribution in [2.24, 2.45) is 7.05 Å². The first kappa shape index (κ1) is 17.8. The van der Waals surface area contributed by atoms with Gasteiger partial charge in [0.05, 0.1) is 11.4 Å². The van der Waals surface area contributed by atoms with Crippen molar-refractivity contribution in [2.45, 2.75) is 36.7 Å². The Balaban J connectivity index is 1.84. The highest BCUT2D eigenvalue weighted by molar-refractivity contribution is 7.89. The third-order valence-electron chi connectivity index (χ3n) is 3.99. The SMILES string of the molecule is Cn1cccc1CN(C1CC1)S(=O)(=O)c1ccc(OC(F)(F)F)cc1. The van der Waals surface area contributed by atoms with Crippen molar-refractivity contribution in [3.8, 4) is 5.75 Å².